The first-order chi connectivity index (χ1) is 13.7. The number of hydrogen-bond donors (Lipinski definition) is 2. The van der Waals surface area contributed by atoms with Crippen LogP contribution in [0.1, 0.15) is 36.6 Å². The molecule has 28 heavy (non-hydrogen) atoms. The number of pyridine rings is 1. The van der Waals surface area contributed by atoms with Gasteiger partial charge in [0.15, 0.2) is 5.96 Å². The fourth-order valence-electron chi connectivity index (χ4n) is 3.29. The second kappa shape index (κ2) is 10.4. The van der Waals surface area contributed by atoms with Gasteiger partial charge in [-0.15, -0.1) is 0 Å². The maximum atomic E-state index is 11.8. The number of aromatic nitrogens is 1. The topological polar surface area (TPSA) is 69.6 Å². The summed E-state index contributed by atoms with van der Waals surface area (Å²) in [6.07, 6.45) is 4.32. The van der Waals surface area contributed by atoms with E-state index in [4.69, 9.17) is 4.99 Å². The normalized spacial score (nSPS) is 14.4. The van der Waals surface area contributed by atoms with Crippen molar-refractivity contribution in [1.82, 2.24) is 20.5 Å². The van der Waals surface area contributed by atoms with Gasteiger partial charge in [-0.1, -0.05) is 30.3 Å². The van der Waals surface area contributed by atoms with E-state index in [-0.39, 0.29) is 5.91 Å². The zero-order valence-electron chi connectivity index (χ0n) is 16.5. The van der Waals surface area contributed by atoms with E-state index in [0.29, 0.717) is 19.5 Å². The van der Waals surface area contributed by atoms with Gasteiger partial charge in [0.1, 0.15) is 0 Å². The first-order valence-corrected chi connectivity index (χ1v) is 10.0. The number of likely N-dealkylation sites (tertiary alicyclic amines) is 1. The van der Waals surface area contributed by atoms with Crippen molar-refractivity contribution < 1.29 is 4.79 Å². The van der Waals surface area contributed by atoms with Crippen LogP contribution in [0.25, 0.3) is 0 Å². The number of aliphatic imine (C=N–C) groups is 1. The SMILES string of the molecule is CCNC(=NCc1cccc(CN2CCCC2=O)c1)NCCc1ccccn1. The molecule has 6 nitrogen and oxygen atoms in total. The summed E-state index contributed by atoms with van der Waals surface area (Å²) in [5.41, 5.74) is 3.37. The van der Waals surface area contributed by atoms with Crippen LogP contribution >= 0.6 is 0 Å². The molecule has 0 saturated carbocycles. The Kier molecular flexibility index (Phi) is 7.41. The van der Waals surface area contributed by atoms with Crippen molar-refractivity contribution in [2.75, 3.05) is 19.6 Å². The Hall–Kier alpha value is -2.89. The van der Waals surface area contributed by atoms with Crippen LogP contribution in [0.2, 0.25) is 0 Å². The van der Waals surface area contributed by atoms with Gasteiger partial charge in [0.25, 0.3) is 0 Å². The summed E-state index contributed by atoms with van der Waals surface area (Å²) in [5, 5.41) is 6.65. The van der Waals surface area contributed by atoms with Gasteiger partial charge in [0.05, 0.1) is 6.54 Å². The summed E-state index contributed by atoms with van der Waals surface area (Å²) in [4.78, 5) is 22.8. The van der Waals surface area contributed by atoms with Gasteiger partial charge in [0, 0.05) is 50.9 Å². The molecule has 6 heteroatoms. The minimum absolute atomic E-state index is 0.259. The van der Waals surface area contributed by atoms with E-state index in [9.17, 15) is 4.79 Å². The predicted molar refractivity (Wildman–Crippen MR) is 112 cm³/mol. The highest BCUT2D eigenvalue weighted by Crippen LogP contribution is 2.15. The quantitative estimate of drug-likeness (QED) is 0.546. The summed E-state index contributed by atoms with van der Waals surface area (Å²) >= 11 is 0. The first-order valence-electron chi connectivity index (χ1n) is 10.0. The monoisotopic (exact) mass is 379 g/mol. The van der Waals surface area contributed by atoms with E-state index < -0.39 is 0 Å². The molecule has 148 valence electrons. The summed E-state index contributed by atoms with van der Waals surface area (Å²) < 4.78 is 0. The maximum Gasteiger partial charge on any atom is 0.222 e. The van der Waals surface area contributed by atoms with Gasteiger partial charge in [-0.05, 0) is 36.6 Å². The molecule has 1 amide bonds. The fourth-order valence-corrected chi connectivity index (χ4v) is 3.29. The molecule has 0 aliphatic carbocycles. The van der Waals surface area contributed by atoms with Gasteiger partial charge in [-0.3, -0.25) is 9.78 Å². The average Bonchev–Trinajstić information content (AvgIpc) is 3.12. The molecule has 0 spiro atoms. The molecule has 1 saturated heterocycles. The zero-order valence-corrected chi connectivity index (χ0v) is 16.5. The van der Waals surface area contributed by atoms with E-state index in [0.717, 1.165) is 55.3 Å². The molecule has 1 aromatic carbocycles. The molecule has 1 aromatic heterocycles. The van der Waals surface area contributed by atoms with Crippen molar-refractivity contribution in [1.29, 1.82) is 0 Å². The van der Waals surface area contributed by atoms with Crippen molar-refractivity contribution in [3.63, 3.8) is 0 Å². The number of amides is 1. The summed E-state index contributed by atoms with van der Waals surface area (Å²) in [6, 6.07) is 14.3. The van der Waals surface area contributed by atoms with Gasteiger partial charge >= 0.3 is 0 Å². The van der Waals surface area contributed by atoms with Gasteiger partial charge in [-0.25, -0.2) is 4.99 Å². The van der Waals surface area contributed by atoms with Crippen molar-refractivity contribution in [2.45, 2.75) is 39.3 Å². The number of benzene rings is 1. The van der Waals surface area contributed by atoms with Gasteiger partial charge in [-0.2, -0.15) is 0 Å². The Morgan fingerprint density at radius 3 is 2.82 bits per heavy atom. The Labute approximate surface area is 167 Å². The number of carbonyl (C=O) groups is 1. The summed E-state index contributed by atoms with van der Waals surface area (Å²) in [5.74, 6) is 1.06. The fraction of sp³-hybridized carbons (Fsp3) is 0.409. The lowest BCUT2D eigenvalue weighted by Crippen LogP contribution is -2.38. The largest absolute Gasteiger partial charge is 0.357 e. The number of carbonyl (C=O) groups excluding carboxylic acids is 1. The lowest BCUT2D eigenvalue weighted by molar-refractivity contribution is -0.128. The molecule has 0 unspecified atom stereocenters. The minimum atomic E-state index is 0.259. The lowest BCUT2D eigenvalue weighted by Gasteiger charge is -2.16. The molecule has 0 bridgehead atoms. The Balaban J connectivity index is 1.54. The third kappa shape index (κ3) is 6.08. The van der Waals surface area contributed by atoms with Crippen LogP contribution in [0.3, 0.4) is 0 Å². The Bertz CT molecular complexity index is 791. The molecule has 2 heterocycles. The first kappa shape index (κ1) is 19.9. The smallest absolute Gasteiger partial charge is 0.222 e. The predicted octanol–water partition coefficient (Wildman–Crippen LogP) is 2.50. The highest BCUT2D eigenvalue weighted by molar-refractivity contribution is 5.79. The molecular weight excluding hydrogens is 350 g/mol. The number of rotatable bonds is 8. The zero-order chi connectivity index (χ0) is 19.6. The number of guanidine groups is 1. The second-order valence-corrected chi connectivity index (χ2v) is 6.93. The molecule has 3 rings (SSSR count). The van der Waals surface area contributed by atoms with Gasteiger partial charge < -0.3 is 15.5 Å². The summed E-state index contributed by atoms with van der Waals surface area (Å²) in [6.45, 7) is 5.81. The highest BCUT2D eigenvalue weighted by Gasteiger charge is 2.19. The van der Waals surface area contributed by atoms with E-state index >= 15 is 0 Å². The highest BCUT2D eigenvalue weighted by atomic mass is 16.2. The standard InChI is InChI=1S/C22H29N5O/c1-2-23-22(25-13-11-20-9-3-4-12-24-20)26-16-18-7-5-8-19(15-18)17-27-14-6-10-21(27)28/h3-5,7-9,12,15H,2,6,10-11,13-14,16-17H2,1H3,(H2,23,25,26). The van der Waals surface area contributed by atoms with E-state index in [1.165, 1.54) is 0 Å². The number of hydrogen-bond acceptors (Lipinski definition) is 3. The Morgan fingerprint density at radius 1 is 1.18 bits per heavy atom. The van der Waals surface area contributed by atoms with Crippen LogP contribution in [-0.4, -0.2) is 41.4 Å². The van der Waals surface area contributed by atoms with Crippen molar-refractivity contribution in [3.8, 4) is 0 Å². The second-order valence-electron chi connectivity index (χ2n) is 6.93. The van der Waals surface area contributed by atoms with Crippen LogP contribution in [0.4, 0.5) is 0 Å². The number of nitrogens with one attached hydrogen (secondary N) is 2. The Morgan fingerprint density at radius 2 is 2.07 bits per heavy atom. The van der Waals surface area contributed by atoms with E-state index in [1.54, 1.807) is 0 Å². The van der Waals surface area contributed by atoms with Crippen LogP contribution < -0.4 is 10.6 Å². The van der Waals surface area contributed by atoms with Crippen molar-refractivity contribution in [2.24, 2.45) is 4.99 Å². The van der Waals surface area contributed by atoms with E-state index in [2.05, 4.69) is 40.7 Å². The molecule has 1 aliphatic rings. The van der Waals surface area contributed by atoms with Crippen LogP contribution in [-0.2, 0) is 24.3 Å². The minimum Gasteiger partial charge on any atom is -0.357 e. The van der Waals surface area contributed by atoms with Crippen molar-refractivity contribution in [3.05, 3.63) is 65.5 Å². The number of nitrogens with zero attached hydrogens (tertiary/aromatic N) is 3. The van der Waals surface area contributed by atoms with Crippen LogP contribution in [0.5, 0.6) is 0 Å². The third-order valence-electron chi connectivity index (χ3n) is 4.70. The van der Waals surface area contributed by atoms with Gasteiger partial charge in [0.2, 0.25) is 5.91 Å². The van der Waals surface area contributed by atoms with Crippen molar-refractivity contribution >= 4 is 11.9 Å². The molecule has 2 aromatic rings. The molecule has 0 radical (unpaired) electrons. The van der Waals surface area contributed by atoms with Crippen LogP contribution in [0.15, 0.2) is 53.7 Å². The maximum absolute atomic E-state index is 11.8. The molecule has 1 fully saturated rings. The molecule has 2 N–H and O–H groups in total. The molecule has 0 atom stereocenters. The third-order valence-corrected chi connectivity index (χ3v) is 4.70. The molecular formula is C22H29N5O. The molecule has 1 aliphatic heterocycles. The van der Waals surface area contributed by atoms with Crippen LogP contribution in [0, 0.1) is 0 Å². The van der Waals surface area contributed by atoms with E-state index in [1.807, 2.05) is 35.4 Å². The summed E-state index contributed by atoms with van der Waals surface area (Å²) in [7, 11) is 0. The lowest BCUT2D eigenvalue weighted by atomic mass is 10.1. The average molecular weight is 380 g/mol.